The Morgan fingerprint density at radius 2 is 1.95 bits per heavy atom. The van der Waals surface area contributed by atoms with E-state index in [0.29, 0.717) is 5.56 Å². The van der Waals surface area contributed by atoms with Crippen LogP contribution in [0.25, 0.3) is 10.1 Å². The number of carbonyl (C=O) groups excluding carboxylic acids is 2. The molecule has 0 saturated heterocycles. The lowest BCUT2D eigenvalue weighted by atomic mass is 10.0. The molecular formula is C17H22N2O2S. The summed E-state index contributed by atoms with van der Waals surface area (Å²) in [6, 6.07) is 7.54. The van der Waals surface area contributed by atoms with Gasteiger partial charge in [0.1, 0.15) is 0 Å². The van der Waals surface area contributed by atoms with Gasteiger partial charge >= 0.3 is 0 Å². The summed E-state index contributed by atoms with van der Waals surface area (Å²) in [7, 11) is 1.80. The third kappa shape index (κ3) is 3.93. The average Bonchev–Trinajstić information content (AvgIpc) is 2.91. The third-order valence-corrected chi connectivity index (χ3v) is 4.52. The first-order valence-electron chi connectivity index (χ1n) is 7.39. The Kier molecular flexibility index (Phi) is 5.32. The molecule has 0 radical (unpaired) electrons. The minimum absolute atomic E-state index is 0.0351. The number of thiophene rings is 1. The second-order valence-electron chi connectivity index (χ2n) is 5.85. The molecule has 1 heterocycles. The van der Waals surface area contributed by atoms with E-state index in [2.05, 4.69) is 5.32 Å². The van der Waals surface area contributed by atoms with Crippen molar-refractivity contribution in [3.63, 3.8) is 0 Å². The molecule has 0 aliphatic carbocycles. The van der Waals surface area contributed by atoms with Crippen molar-refractivity contribution in [3.05, 3.63) is 35.2 Å². The van der Waals surface area contributed by atoms with Crippen LogP contribution < -0.4 is 5.32 Å². The summed E-state index contributed by atoms with van der Waals surface area (Å²) >= 11 is 1.66. The zero-order valence-electron chi connectivity index (χ0n) is 13.4. The minimum atomic E-state index is -0.339. The van der Waals surface area contributed by atoms with Gasteiger partial charge in [0.25, 0.3) is 0 Å². The van der Waals surface area contributed by atoms with E-state index >= 15 is 0 Å². The van der Waals surface area contributed by atoms with Crippen molar-refractivity contribution in [2.24, 2.45) is 0 Å². The lowest BCUT2D eigenvalue weighted by molar-refractivity contribution is -0.122. The normalized spacial score (nSPS) is 12.8. The number of carbonyl (C=O) groups is 2. The van der Waals surface area contributed by atoms with Crippen LogP contribution in [0.15, 0.2) is 29.6 Å². The molecular weight excluding hydrogens is 296 g/mol. The fourth-order valence-electron chi connectivity index (χ4n) is 2.29. The van der Waals surface area contributed by atoms with E-state index < -0.39 is 0 Å². The maximum absolute atomic E-state index is 12.6. The van der Waals surface area contributed by atoms with Gasteiger partial charge in [-0.25, -0.2) is 0 Å². The predicted octanol–water partition coefficient (Wildman–Crippen LogP) is 2.93. The Hall–Kier alpha value is -1.72. The van der Waals surface area contributed by atoms with Gasteiger partial charge in [-0.3, -0.25) is 14.5 Å². The average molecular weight is 318 g/mol. The fraction of sp³-hybridized carbons (Fsp3) is 0.412. The number of likely N-dealkylation sites (N-methyl/N-ethyl adjacent to an activating group) is 1. The summed E-state index contributed by atoms with van der Waals surface area (Å²) < 4.78 is 1.17. The van der Waals surface area contributed by atoms with Gasteiger partial charge < -0.3 is 5.32 Å². The molecule has 4 nitrogen and oxygen atoms in total. The summed E-state index contributed by atoms with van der Waals surface area (Å²) in [6.07, 6.45) is 0. The van der Waals surface area contributed by atoms with Crippen LogP contribution in [0.4, 0.5) is 0 Å². The van der Waals surface area contributed by atoms with E-state index in [9.17, 15) is 9.59 Å². The number of nitrogens with one attached hydrogen (secondary N) is 1. The Morgan fingerprint density at radius 1 is 1.23 bits per heavy atom. The highest BCUT2D eigenvalue weighted by molar-refractivity contribution is 7.17. The molecule has 0 aliphatic heterocycles. The van der Waals surface area contributed by atoms with Gasteiger partial charge in [0.2, 0.25) is 5.91 Å². The van der Waals surface area contributed by atoms with Crippen LogP contribution in [0.2, 0.25) is 0 Å². The molecule has 1 atom stereocenters. The van der Waals surface area contributed by atoms with Crippen LogP contribution in [-0.2, 0) is 4.79 Å². The van der Waals surface area contributed by atoms with Gasteiger partial charge in [0.15, 0.2) is 5.78 Å². The topological polar surface area (TPSA) is 49.4 Å². The minimum Gasteiger partial charge on any atom is -0.353 e. The van der Waals surface area contributed by atoms with Crippen molar-refractivity contribution in [1.82, 2.24) is 10.2 Å². The molecule has 2 rings (SSSR count). The number of nitrogens with zero attached hydrogens (tertiary/aromatic N) is 1. The molecule has 5 heteroatoms. The Labute approximate surface area is 135 Å². The van der Waals surface area contributed by atoms with E-state index in [-0.39, 0.29) is 30.3 Å². The number of fused-ring (bicyclic) bond motifs is 1. The van der Waals surface area contributed by atoms with Crippen molar-refractivity contribution < 1.29 is 9.59 Å². The zero-order chi connectivity index (χ0) is 16.3. The molecule has 0 fully saturated rings. The molecule has 0 spiro atoms. The molecule has 1 N–H and O–H groups in total. The van der Waals surface area contributed by atoms with E-state index in [1.807, 2.05) is 50.4 Å². The molecule has 2 aromatic rings. The Morgan fingerprint density at radius 3 is 2.64 bits per heavy atom. The highest BCUT2D eigenvalue weighted by Gasteiger charge is 2.21. The Bertz CT molecular complexity index is 678. The highest BCUT2D eigenvalue weighted by atomic mass is 32.1. The standard InChI is InChI=1S/C17H22N2O2S/c1-11(2)18-16(20)10-19(4)12(3)17(21)14-5-6-15-13(9-14)7-8-22-15/h5-9,11-12H,10H2,1-4H3,(H,18,20). The first-order chi connectivity index (χ1) is 10.4. The van der Waals surface area contributed by atoms with Crippen LogP contribution in [-0.4, -0.2) is 42.3 Å². The molecule has 1 amide bonds. The highest BCUT2D eigenvalue weighted by Crippen LogP contribution is 2.22. The van der Waals surface area contributed by atoms with Gasteiger partial charge in [-0.05, 0) is 62.9 Å². The number of Topliss-reactive ketones (excluding diaryl/α,β-unsaturated/α-hetero) is 1. The van der Waals surface area contributed by atoms with Crippen molar-refractivity contribution in [1.29, 1.82) is 0 Å². The van der Waals surface area contributed by atoms with Crippen LogP contribution in [0, 0.1) is 0 Å². The van der Waals surface area contributed by atoms with Crippen molar-refractivity contribution in [2.75, 3.05) is 13.6 Å². The summed E-state index contributed by atoms with van der Waals surface area (Å²) in [5.74, 6) is -0.0293. The second kappa shape index (κ2) is 7.03. The van der Waals surface area contributed by atoms with Crippen LogP contribution in [0.5, 0.6) is 0 Å². The van der Waals surface area contributed by atoms with Gasteiger partial charge in [-0.2, -0.15) is 0 Å². The molecule has 1 aromatic carbocycles. The summed E-state index contributed by atoms with van der Waals surface area (Å²) in [5.41, 5.74) is 0.689. The van der Waals surface area contributed by atoms with Crippen molar-refractivity contribution >= 4 is 33.1 Å². The molecule has 118 valence electrons. The fourth-order valence-corrected chi connectivity index (χ4v) is 3.06. The van der Waals surface area contributed by atoms with E-state index in [4.69, 9.17) is 0 Å². The molecule has 22 heavy (non-hydrogen) atoms. The molecule has 1 aromatic heterocycles. The van der Waals surface area contributed by atoms with Crippen molar-refractivity contribution in [3.8, 4) is 0 Å². The number of ketones is 1. The smallest absolute Gasteiger partial charge is 0.234 e. The largest absolute Gasteiger partial charge is 0.353 e. The number of rotatable bonds is 6. The van der Waals surface area contributed by atoms with E-state index in [1.165, 1.54) is 4.70 Å². The predicted molar refractivity (Wildman–Crippen MR) is 91.5 cm³/mol. The lowest BCUT2D eigenvalue weighted by Crippen LogP contribution is -2.44. The summed E-state index contributed by atoms with van der Waals surface area (Å²) in [6.45, 7) is 5.89. The van der Waals surface area contributed by atoms with Gasteiger partial charge in [-0.1, -0.05) is 0 Å². The number of hydrogen-bond acceptors (Lipinski definition) is 4. The molecule has 0 bridgehead atoms. The SMILES string of the molecule is CC(C)NC(=O)CN(C)C(C)C(=O)c1ccc2sccc2c1. The van der Waals surface area contributed by atoms with Gasteiger partial charge in [-0.15, -0.1) is 11.3 Å². The number of benzene rings is 1. The quantitative estimate of drug-likeness (QED) is 0.833. The monoisotopic (exact) mass is 318 g/mol. The number of amides is 1. The van der Waals surface area contributed by atoms with Gasteiger partial charge in [0, 0.05) is 16.3 Å². The first kappa shape index (κ1) is 16.6. The third-order valence-electron chi connectivity index (χ3n) is 3.62. The number of hydrogen-bond donors (Lipinski definition) is 1. The summed E-state index contributed by atoms with van der Waals surface area (Å²) in [4.78, 5) is 26.2. The Balaban J connectivity index is 2.05. The first-order valence-corrected chi connectivity index (χ1v) is 8.27. The molecule has 0 saturated carbocycles. The van der Waals surface area contributed by atoms with Gasteiger partial charge in [0.05, 0.1) is 12.6 Å². The van der Waals surface area contributed by atoms with E-state index in [0.717, 1.165) is 5.39 Å². The molecule has 0 aliphatic rings. The lowest BCUT2D eigenvalue weighted by Gasteiger charge is -2.23. The van der Waals surface area contributed by atoms with E-state index in [1.54, 1.807) is 23.3 Å². The zero-order valence-corrected chi connectivity index (χ0v) is 14.2. The maximum atomic E-state index is 12.6. The second-order valence-corrected chi connectivity index (χ2v) is 6.80. The molecule has 1 unspecified atom stereocenters. The maximum Gasteiger partial charge on any atom is 0.234 e. The summed E-state index contributed by atoms with van der Waals surface area (Å²) in [5, 5.41) is 5.94. The van der Waals surface area contributed by atoms with Crippen LogP contribution in [0.1, 0.15) is 31.1 Å². The van der Waals surface area contributed by atoms with Crippen LogP contribution in [0.3, 0.4) is 0 Å². The van der Waals surface area contributed by atoms with Crippen LogP contribution >= 0.6 is 11.3 Å². The van der Waals surface area contributed by atoms with Crippen molar-refractivity contribution in [2.45, 2.75) is 32.9 Å².